The van der Waals surface area contributed by atoms with Crippen LogP contribution in [0.4, 0.5) is 0 Å². The first-order valence-corrected chi connectivity index (χ1v) is 9.59. The van der Waals surface area contributed by atoms with Crippen LogP contribution in [0.1, 0.15) is 26.2 Å². The summed E-state index contributed by atoms with van der Waals surface area (Å²) < 4.78 is 22.2. The molecule has 1 heterocycles. The Bertz CT molecular complexity index is 363. The van der Waals surface area contributed by atoms with Crippen LogP contribution in [0.2, 0.25) is 0 Å². The topological polar surface area (TPSA) is 60.9 Å². The molecule has 1 aliphatic rings. The van der Waals surface area contributed by atoms with E-state index in [0.717, 1.165) is 39.1 Å². The number of likely N-dealkylation sites (tertiary alicyclic amines) is 1. The number of nitrogens with zero attached hydrogens (tertiary/aromatic N) is 2. The van der Waals surface area contributed by atoms with Crippen LogP contribution in [0.3, 0.4) is 0 Å². The Labute approximate surface area is 123 Å². The molecule has 0 radical (unpaired) electrons. The van der Waals surface area contributed by atoms with Crippen molar-refractivity contribution in [3.05, 3.63) is 0 Å². The molecule has 6 heteroatoms. The van der Waals surface area contributed by atoms with Crippen molar-refractivity contribution in [2.45, 2.75) is 32.3 Å². The average molecular weight is 306 g/mol. The maximum absolute atomic E-state index is 11.1. The van der Waals surface area contributed by atoms with Gasteiger partial charge >= 0.3 is 0 Å². The fourth-order valence-corrected chi connectivity index (χ4v) is 3.51. The molecular weight excluding hydrogens is 276 g/mol. The number of piperidine rings is 1. The molecule has 0 bridgehead atoms. The van der Waals surface area contributed by atoms with Crippen LogP contribution in [0.25, 0.3) is 0 Å². The Hall–Kier alpha value is -0.170. The van der Waals surface area contributed by atoms with Gasteiger partial charge in [-0.15, -0.1) is 0 Å². The van der Waals surface area contributed by atoms with E-state index in [1.54, 1.807) is 0 Å². The van der Waals surface area contributed by atoms with Gasteiger partial charge in [-0.3, -0.25) is 0 Å². The maximum atomic E-state index is 11.1. The number of aliphatic hydroxyl groups is 1. The van der Waals surface area contributed by atoms with Gasteiger partial charge in [0.15, 0.2) is 0 Å². The summed E-state index contributed by atoms with van der Waals surface area (Å²) >= 11 is 0. The van der Waals surface area contributed by atoms with E-state index < -0.39 is 9.84 Å². The van der Waals surface area contributed by atoms with Gasteiger partial charge in [-0.25, -0.2) is 8.42 Å². The monoisotopic (exact) mass is 306 g/mol. The van der Waals surface area contributed by atoms with Gasteiger partial charge in [-0.2, -0.15) is 0 Å². The normalized spacial score (nSPS) is 20.4. The molecule has 1 atom stereocenters. The average Bonchev–Trinajstić information content (AvgIpc) is 2.29. The Morgan fingerprint density at radius 2 is 1.95 bits per heavy atom. The molecular formula is C14H30N2O3S. The van der Waals surface area contributed by atoms with Crippen molar-refractivity contribution < 1.29 is 13.5 Å². The van der Waals surface area contributed by atoms with E-state index in [1.165, 1.54) is 19.1 Å². The second kappa shape index (κ2) is 8.32. The number of β-amino-alcohol motifs (C(OH)–C–C–N with tert-alkyl or cyclic N) is 1. The number of hydrogen-bond donors (Lipinski definition) is 1. The molecule has 1 N–H and O–H groups in total. The first-order chi connectivity index (χ1) is 9.26. The maximum Gasteiger partial charge on any atom is 0.147 e. The van der Waals surface area contributed by atoms with Crippen molar-refractivity contribution in [2.75, 3.05) is 51.8 Å². The van der Waals surface area contributed by atoms with Gasteiger partial charge in [-0.05, 0) is 58.8 Å². The van der Waals surface area contributed by atoms with E-state index in [0.29, 0.717) is 5.92 Å². The molecule has 1 unspecified atom stereocenters. The van der Waals surface area contributed by atoms with Crippen LogP contribution in [0.15, 0.2) is 0 Å². The van der Waals surface area contributed by atoms with Crippen LogP contribution in [-0.2, 0) is 9.84 Å². The fourth-order valence-electron chi connectivity index (χ4n) is 2.85. The molecule has 0 aliphatic carbocycles. The molecule has 0 aromatic heterocycles. The minimum Gasteiger partial charge on any atom is -0.392 e. The number of rotatable bonds is 8. The summed E-state index contributed by atoms with van der Waals surface area (Å²) in [6.45, 7) is 6.63. The van der Waals surface area contributed by atoms with E-state index in [9.17, 15) is 13.5 Å². The van der Waals surface area contributed by atoms with Crippen molar-refractivity contribution in [1.29, 1.82) is 0 Å². The summed E-state index contributed by atoms with van der Waals surface area (Å²) in [7, 11) is -0.755. The third kappa shape index (κ3) is 8.19. The van der Waals surface area contributed by atoms with Crippen LogP contribution in [-0.4, -0.2) is 81.2 Å². The molecule has 0 spiro atoms. The highest BCUT2D eigenvalue weighted by atomic mass is 32.2. The van der Waals surface area contributed by atoms with E-state index in [1.807, 2.05) is 6.92 Å². The van der Waals surface area contributed by atoms with Crippen molar-refractivity contribution in [3.8, 4) is 0 Å². The first-order valence-electron chi connectivity index (χ1n) is 7.53. The Morgan fingerprint density at radius 1 is 1.35 bits per heavy atom. The summed E-state index contributed by atoms with van der Waals surface area (Å²) in [5.41, 5.74) is 0. The lowest BCUT2D eigenvalue weighted by molar-refractivity contribution is 0.0926. The van der Waals surface area contributed by atoms with Crippen molar-refractivity contribution in [2.24, 2.45) is 5.92 Å². The van der Waals surface area contributed by atoms with Gasteiger partial charge in [0.05, 0.1) is 11.9 Å². The summed E-state index contributed by atoms with van der Waals surface area (Å²) in [4.78, 5) is 4.57. The number of hydrogen-bond acceptors (Lipinski definition) is 5. The second-order valence-electron chi connectivity index (χ2n) is 6.34. The molecule has 1 fully saturated rings. The Kier molecular flexibility index (Phi) is 7.43. The van der Waals surface area contributed by atoms with E-state index in [-0.39, 0.29) is 11.9 Å². The molecule has 5 nitrogen and oxygen atoms in total. The third-order valence-electron chi connectivity index (χ3n) is 3.85. The van der Waals surface area contributed by atoms with Crippen molar-refractivity contribution in [1.82, 2.24) is 9.80 Å². The summed E-state index contributed by atoms with van der Waals surface area (Å²) in [6.07, 6.45) is 4.11. The third-order valence-corrected chi connectivity index (χ3v) is 4.88. The Morgan fingerprint density at radius 3 is 2.45 bits per heavy atom. The Balaban J connectivity index is 2.16. The zero-order valence-electron chi connectivity index (χ0n) is 13.1. The van der Waals surface area contributed by atoms with E-state index >= 15 is 0 Å². The summed E-state index contributed by atoms with van der Waals surface area (Å²) in [5.74, 6) is 0.980. The van der Waals surface area contributed by atoms with Crippen molar-refractivity contribution >= 4 is 9.84 Å². The predicted molar refractivity (Wildman–Crippen MR) is 82.7 cm³/mol. The fraction of sp³-hybridized carbons (Fsp3) is 1.00. The second-order valence-corrected chi connectivity index (χ2v) is 8.60. The molecule has 120 valence electrons. The van der Waals surface area contributed by atoms with Gasteiger partial charge in [0.1, 0.15) is 9.84 Å². The summed E-state index contributed by atoms with van der Waals surface area (Å²) in [5, 5.41) is 9.38. The minimum atomic E-state index is -2.83. The van der Waals surface area contributed by atoms with Gasteiger partial charge < -0.3 is 14.9 Å². The lowest BCUT2D eigenvalue weighted by Gasteiger charge is -2.34. The standard InChI is InChI=1S/C14H30N2O3S/c1-13(17)11-16-8-5-14(6-9-16)12-15(2)7-4-10-20(3,18)19/h13-14,17H,4-12H2,1-3H3. The van der Waals surface area contributed by atoms with E-state index in [4.69, 9.17) is 0 Å². The molecule has 0 aromatic carbocycles. The smallest absolute Gasteiger partial charge is 0.147 e. The lowest BCUT2D eigenvalue weighted by Crippen LogP contribution is -2.40. The highest BCUT2D eigenvalue weighted by Gasteiger charge is 2.21. The first kappa shape index (κ1) is 17.9. The summed E-state index contributed by atoms with van der Waals surface area (Å²) in [6, 6.07) is 0. The van der Waals surface area contributed by atoms with Crippen LogP contribution in [0.5, 0.6) is 0 Å². The van der Waals surface area contributed by atoms with Crippen molar-refractivity contribution in [3.63, 3.8) is 0 Å². The van der Waals surface area contributed by atoms with Gasteiger partial charge in [0.25, 0.3) is 0 Å². The molecule has 20 heavy (non-hydrogen) atoms. The predicted octanol–water partition coefficient (Wildman–Crippen LogP) is 0.446. The number of sulfone groups is 1. The highest BCUT2D eigenvalue weighted by Crippen LogP contribution is 2.18. The number of aliphatic hydroxyl groups excluding tert-OH is 1. The molecule has 1 saturated heterocycles. The van der Waals surface area contributed by atoms with Gasteiger partial charge in [0, 0.05) is 19.3 Å². The molecule has 0 saturated carbocycles. The molecule has 0 aromatic rings. The van der Waals surface area contributed by atoms with Crippen LogP contribution < -0.4 is 0 Å². The largest absolute Gasteiger partial charge is 0.392 e. The van der Waals surface area contributed by atoms with E-state index in [2.05, 4.69) is 16.8 Å². The van der Waals surface area contributed by atoms with Crippen LogP contribution >= 0.6 is 0 Å². The zero-order valence-corrected chi connectivity index (χ0v) is 13.9. The zero-order chi connectivity index (χ0) is 15.2. The van der Waals surface area contributed by atoms with Crippen LogP contribution in [0, 0.1) is 5.92 Å². The van der Waals surface area contributed by atoms with Gasteiger partial charge in [0.2, 0.25) is 0 Å². The SMILES string of the molecule is CC(O)CN1CCC(CN(C)CCCS(C)(=O)=O)CC1. The highest BCUT2D eigenvalue weighted by molar-refractivity contribution is 7.90. The van der Waals surface area contributed by atoms with Gasteiger partial charge in [-0.1, -0.05) is 0 Å². The molecule has 1 rings (SSSR count). The lowest BCUT2D eigenvalue weighted by atomic mass is 9.96. The quantitative estimate of drug-likeness (QED) is 0.705. The molecule has 0 amide bonds. The minimum absolute atomic E-state index is 0.245. The molecule has 1 aliphatic heterocycles.